The fourth-order valence-electron chi connectivity index (χ4n) is 0.508. The molecule has 0 nitrogen and oxygen atoms in total. The molecular weight excluding hydrogens is 322 g/mol. The predicted octanol–water partition coefficient (Wildman–Crippen LogP) is 5.24. The van der Waals surface area contributed by atoms with Crippen molar-refractivity contribution in [2.75, 3.05) is 0 Å². The van der Waals surface area contributed by atoms with Crippen molar-refractivity contribution in [2.45, 2.75) is 4.90 Å². The van der Waals surface area contributed by atoms with Crippen molar-refractivity contribution in [3.8, 4) is 0 Å². The SMILES string of the molecule is Cl.F.F.F.F.[S]c1ccc(Cl)c(Cl)c1Cl. The summed E-state index contributed by atoms with van der Waals surface area (Å²) in [5.41, 5.74) is 0. The Bertz CT molecular complexity index is 247. The summed E-state index contributed by atoms with van der Waals surface area (Å²) in [7, 11) is 0. The van der Waals surface area contributed by atoms with Gasteiger partial charge in [-0.2, -0.15) is 0 Å². The van der Waals surface area contributed by atoms with Crippen molar-refractivity contribution < 1.29 is 18.8 Å². The van der Waals surface area contributed by atoms with Crippen LogP contribution in [0.1, 0.15) is 0 Å². The number of halogens is 8. The van der Waals surface area contributed by atoms with Gasteiger partial charge in [-0.1, -0.05) is 47.4 Å². The second-order valence-corrected chi connectivity index (χ2v) is 3.28. The lowest BCUT2D eigenvalue weighted by atomic mass is 10.4. The summed E-state index contributed by atoms with van der Waals surface area (Å²) < 4.78 is 0. The van der Waals surface area contributed by atoms with E-state index in [0.717, 1.165) is 0 Å². The van der Waals surface area contributed by atoms with Gasteiger partial charge in [-0.15, -0.1) is 12.4 Å². The van der Waals surface area contributed by atoms with E-state index in [-0.39, 0.29) is 31.2 Å². The molecule has 0 heterocycles. The molecule has 1 radical (unpaired) electrons. The number of hydrogen-bond acceptors (Lipinski definition) is 0. The first-order valence-corrected chi connectivity index (χ1v) is 3.97. The van der Waals surface area contributed by atoms with E-state index in [2.05, 4.69) is 0 Å². The third-order valence-electron chi connectivity index (χ3n) is 1.000. The molecule has 0 saturated carbocycles. The van der Waals surface area contributed by atoms with E-state index in [1.54, 1.807) is 12.1 Å². The van der Waals surface area contributed by atoms with Gasteiger partial charge < -0.3 is 0 Å². The topological polar surface area (TPSA) is 0 Å². The summed E-state index contributed by atoms with van der Waals surface area (Å²) >= 11 is 21.8. The maximum absolute atomic E-state index is 5.66. The standard InChI is InChI=1S/C6H2Cl3S.ClH.4FH/c7-3-1-2-4(10)6(9)5(3)8;;;;;/h1-2H;5*1H. The van der Waals surface area contributed by atoms with E-state index in [1.165, 1.54) is 0 Å². The maximum Gasteiger partial charge on any atom is 0.0793 e. The first-order valence-electron chi connectivity index (χ1n) is 2.43. The second kappa shape index (κ2) is 12.4. The minimum Gasteiger partial charge on any atom is -0.269 e. The van der Waals surface area contributed by atoms with Gasteiger partial charge in [0.05, 0.1) is 20.0 Å². The van der Waals surface area contributed by atoms with Gasteiger partial charge in [0.25, 0.3) is 0 Å². The number of benzene rings is 1. The largest absolute Gasteiger partial charge is 0.269 e. The van der Waals surface area contributed by atoms with Crippen molar-refractivity contribution in [2.24, 2.45) is 0 Å². The Kier molecular flexibility index (Phi) is 24.4. The minimum absolute atomic E-state index is 0. The molecule has 0 aliphatic heterocycles. The summed E-state index contributed by atoms with van der Waals surface area (Å²) in [6.07, 6.45) is 0. The molecule has 0 N–H and O–H groups in total. The Morgan fingerprint density at radius 3 is 1.53 bits per heavy atom. The van der Waals surface area contributed by atoms with Crippen LogP contribution in [0, 0.1) is 0 Å². The van der Waals surface area contributed by atoms with E-state index in [0.29, 0.717) is 20.0 Å². The van der Waals surface area contributed by atoms with Crippen LogP contribution in [0.2, 0.25) is 15.1 Å². The summed E-state index contributed by atoms with van der Waals surface area (Å²) in [6.45, 7) is 0. The van der Waals surface area contributed by atoms with Gasteiger partial charge in [-0.25, -0.2) is 0 Å². The van der Waals surface area contributed by atoms with E-state index >= 15 is 0 Å². The predicted molar refractivity (Wildman–Crippen MR) is 64.6 cm³/mol. The highest BCUT2D eigenvalue weighted by molar-refractivity contribution is 7.80. The Morgan fingerprint density at radius 2 is 1.20 bits per heavy atom. The van der Waals surface area contributed by atoms with Gasteiger partial charge in [0, 0.05) is 0 Å². The van der Waals surface area contributed by atoms with Gasteiger partial charge in [0.15, 0.2) is 0 Å². The number of hydrogen-bond donors (Lipinski definition) is 0. The van der Waals surface area contributed by atoms with Crippen LogP contribution in [0.5, 0.6) is 0 Å². The van der Waals surface area contributed by atoms with Crippen LogP contribution >= 0.6 is 59.8 Å². The molecule has 9 heteroatoms. The van der Waals surface area contributed by atoms with Crippen molar-refractivity contribution in [1.82, 2.24) is 0 Å². The zero-order chi connectivity index (χ0) is 7.72. The molecule has 1 aromatic carbocycles. The van der Waals surface area contributed by atoms with Crippen LogP contribution in [0.4, 0.5) is 18.8 Å². The molecular formula is C6H7Cl4F4S. The summed E-state index contributed by atoms with van der Waals surface area (Å²) in [5.74, 6) is 0. The van der Waals surface area contributed by atoms with Gasteiger partial charge >= 0.3 is 0 Å². The van der Waals surface area contributed by atoms with Gasteiger partial charge in [-0.05, 0) is 12.1 Å². The Balaban J connectivity index is -0.0000000667. The van der Waals surface area contributed by atoms with Gasteiger partial charge in [-0.3, -0.25) is 18.8 Å². The minimum atomic E-state index is 0. The normalized spacial score (nSPS) is 6.60. The highest BCUT2D eigenvalue weighted by Gasteiger charge is 2.05. The number of rotatable bonds is 0. The Labute approximate surface area is 111 Å². The first kappa shape index (κ1) is 29.5. The highest BCUT2D eigenvalue weighted by atomic mass is 35.5. The molecule has 0 fully saturated rings. The molecule has 0 aliphatic rings. The second-order valence-electron chi connectivity index (χ2n) is 1.67. The fourth-order valence-corrected chi connectivity index (χ4v) is 1.27. The molecule has 0 amide bonds. The smallest absolute Gasteiger partial charge is 0.0793 e. The Morgan fingerprint density at radius 1 is 0.800 bits per heavy atom. The van der Waals surface area contributed by atoms with Crippen LogP contribution in [0.15, 0.2) is 17.0 Å². The molecule has 0 saturated heterocycles. The van der Waals surface area contributed by atoms with E-state index in [4.69, 9.17) is 47.4 Å². The molecule has 0 spiro atoms. The molecule has 93 valence electrons. The van der Waals surface area contributed by atoms with Crippen LogP contribution in [-0.4, -0.2) is 0 Å². The lowest BCUT2D eigenvalue weighted by molar-refractivity contribution is 1.11. The fraction of sp³-hybridized carbons (Fsp3) is 0. The quantitative estimate of drug-likeness (QED) is 0.451. The summed E-state index contributed by atoms with van der Waals surface area (Å²) in [4.78, 5) is 0.524. The maximum atomic E-state index is 5.66. The average Bonchev–Trinajstić information content (AvgIpc) is 1.93. The van der Waals surface area contributed by atoms with E-state index < -0.39 is 0 Å². The average molecular weight is 329 g/mol. The van der Waals surface area contributed by atoms with Gasteiger partial charge in [0.2, 0.25) is 0 Å². The van der Waals surface area contributed by atoms with Crippen molar-refractivity contribution in [3.63, 3.8) is 0 Å². The van der Waals surface area contributed by atoms with Crippen molar-refractivity contribution in [3.05, 3.63) is 27.2 Å². The molecule has 0 aromatic heterocycles. The van der Waals surface area contributed by atoms with Crippen LogP contribution < -0.4 is 0 Å². The Hall–Kier alpha value is 0.320. The molecule has 15 heavy (non-hydrogen) atoms. The van der Waals surface area contributed by atoms with Crippen LogP contribution in [0.3, 0.4) is 0 Å². The first-order chi connectivity index (χ1) is 4.63. The zero-order valence-electron chi connectivity index (χ0n) is 6.74. The molecule has 0 aliphatic carbocycles. The van der Waals surface area contributed by atoms with Crippen LogP contribution in [-0.2, 0) is 0 Å². The van der Waals surface area contributed by atoms with Crippen molar-refractivity contribution in [1.29, 1.82) is 0 Å². The molecule has 0 bridgehead atoms. The van der Waals surface area contributed by atoms with Crippen molar-refractivity contribution >= 4 is 59.8 Å². The molecule has 1 aromatic rings. The molecule has 0 atom stereocenters. The lowest BCUT2D eigenvalue weighted by Gasteiger charge is -1.98. The molecule has 0 unspecified atom stereocenters. The van der Waals surface area contributed by atoms with E-state index in [1.807, 2.05) is 0 Å². The summed E-state index contributed by atoms with van der Waals surface area (Å²) in [6, 6.07) is 3.27. The highest BCUT2D eigenvalue weighted by Crippen LogP contribution is 2.33. The summed E-state index contributed by atoms with van der Waals surface area (Å²) in [5, 5.41) is 1.11. The molecule has 1 rings (SSSR count). The van der Waals surface area contributed by atoms with Crippen LogP contribution in [0.25, 0.3) is 0 Å². The third kappa shape index (κ3) is 7.25. The van der Waals surface area contributed by atoms with E-state index in [9.17, 15) is 0 Å². The zero-order valence-corrected chi connectivity index (χ0v) is 10.6. The lowest BCUT2D eigenvalue weighted by Crippen LogP contribution is -1.72. The van der Waals surface area contributed by atoms with Gasteiger partial charge in [0.1, 0.15) is 0 Å². The third-order valence-corrected chi connectivity index (χ3v) is 2.75. The monoisotopic (exact) mass is 327 g/mol.